The average molecular weight is 544 g/mol. The summed E-state index contributed by atoms with van der Waals surface area (Å²) in [6.45, 7) is 0.328. The first-order chi connectivity index (χ1) is 16.6. The van der Waals surface area contributed by atoms with E-state index in [-0.39, 0.29) is 30.2 Å². The Morgan fingerprint density at radius 2 is 2.09 bits per heavy atom. The third-order valence-electron chi connectivity index (χ3n) is 6.23. The van der Waals surface area contributed by atoms with Crippen LogP contribution in [0.5, 0.6) is 0 Å². The van der Waals surface area contributed by atoms with Crippen LogP contribution in [0.2, 0.25) is 5.02 Å². The Hall–Kier alpha value is -2.40. The van der Waals surface area contributed by atoms with Crippen LogP contribution in [0.25, 0.3) is 0 Å². The highest BCUT2D eigenvalue weighted by Crippen LogP contribution is 2.71. The largest absolute Gasteiger partial charge is 0.359 e. The van der Waals surface area contributed by atoms with Gasteiger partial charge in [-0.15, -0.1) is 0 Å². The van der Waals surface area contributed by atoms with Gasteiger partial charge in [-0.05, 0) is 35.6 Å². The number of benzene rings is 1. The maximum absolute atomic E-state index is 14.1. The summed E-state index contributed by atoms with van der Waals surface area (Å²) in [6, 6.07) is 3.07. The Morgan fingerprint density at radius 1 is 1.31 bits per heavy atom. The molecule has 4 rings (SSSR count). The normalized spacial score (nSPS) is 27.7. The lowest BCUT2D eigenvalue weighted by Crippen LogP contribution is -2.54. The highest BCUT2D eigenvalue weighted by molar-refractivity contribution is 8.56. The molecule has 2 aliphatic heterocycles. The predicted octanol–water partition coefficient (Wildman–Crippen LogP) is 3.85. The summed E-state index contributed by atoms with van der Waals surface area (Å²) >= 11 is 6.33. The van der Waals surface area contributed by atoms with Gasteiger partial charge in [-0.3, -0.25) is 14.3 Å². The molecule has 2 amide bonds. The SMILES string of the molecule is CNC(=O)C[C@@H]1C[C@@H](c2ccc(F)c(F)c2)[C@H](NC(=O)C2=CC=CS2(Cl)c2c(Cl)cnn2C)CN1. The highest BCUT2D eigenvalue weighted by atomic mass is 35.7. The lowest BCUT2D eigenvalue weighted by Gasteiger charge is -2.38. The molecule has 12 heteroatoms. The molecule has 0 bridgehead atoms. The van der Waals surface area contributed by atoms with Crippen LogP contribution in [0.1, 0.15) is 24.3 Å². The minimum absolute atomic E-state index is 0.139. The molecule has 2 aromatic rings. The first-order valence-corrected chi connectivity index (χ1v) is 13.8. The summed E-state index contributed by atoms with van der Waals surface area (Å²) < 4.78 is 29.2. The number of hydrogen-bond donors (Lipinski definition) is 3. The van der Waals surface area contributed by atoms with Gasteiger partial charge < -0.3 is 16.0 Å². The van der Waals surface area contributed by atoms with Crippen molar-refractivity contribution in [2.45, 2.75) is 35.9 Å². The van der Waals surface area contributed by atoms with Crippen molar-refractivity contribution in [2.24, 2.45) is 7.05 Å². The minimum Gasteiger partial charge on any atom is -0.359 e. The molecule has 1 unspecified atom stereocenters. The van der Waals surface area contributed by atoms with Gasteiger partial charge >= 0.3 is 0 Å². The number of nitrogens with zero attached hydrogens (tertiary/aromatic N) is 2. The summed E-state index contributed by atoms with van der Waals surface area (Å²) in [5.41, 5.74) is 0.537. The fourth-order valence-corrected chi connectivity index (χ4v) is 8.39. The third kappa shape index (κ3) is 5.11. The fraction of sp³-hybridized carbons (Fsp3) is 0.348. The van der Waals surface area contributed by atoms with Crippen molar-refractivity contribution >= 4 is 43.3 Å². The number of nitrogens with one attached hydrogen (secondary N) is 3. The van der Waals surface area contributed by atoms with Crippen molar-refractivity contribution in [1.29, 1.82) is 0 Å². The van der Waals surface area contributed by atoms with E-state index in [2.05, 4.69) is 21.0 Å². The van der Waals surface area contributed by atoms with Crippen molar-refractivity contribution in [1.82, 2.24) is 25.7 Å². The van der Waals surface area contributed by atoms with E-state index in [0.29, 0.717) is 33.5 Å². The molecule has 3 heterocycles. The zero-order valence-corrected chi connectivity index (χ0v) is 21.4. The molecular weight excluding hydrogens is 519 g/mol. The summed E-state index contributed by atoms with van der Waals surface area (Å²) in [6.07, 6.45) is 5.50. The number of piperidine rings is 1. The molecule has 4 atom stereocenters. The molecule has 0 spiro atoms. The Balaban J connectivity index is 1.59. The monoisotopic (exact) mass is 543 g/mol. The zero-order chi connectivity index (χ0) is 25.3. The van der Waals surface area contributed by atoms with E-state index in [9.17, 15) is 18.4 Å². The van der Waals surface area contributed by atoms with Gasteiger partial charge in [0.25, 0.3) is 5.91 Å². The summed E-state index contributed by atoms with van der Waals surface area (Å²) in [7, 11) is 7.86. The Kier molecular flexibility index (Phi) is 7.56. The number of hydrogen-bond acceptors (Lipinski definition) is 4. The van der Waals surface area contributed by atoms with Crippen molar-refractivity contribution in [3.05, 3.63) is 69.1 Å². The number of amides is 2. The second-order valence-electron chi connectivity index (χ2n) is 8.44. The van der Waals surface area contributed by atoms with Crippen molar-refractivity contribution < 1.29 is 18.4 Å². The number of aromatic nitrogens is 2. The van der Waals surface area contributed by atoms with Gasteiger partial charge in [0.05, 0.1) is 16.1 Å². The van der Waals surface area contributed by atoms with Gasteiger partial charge in [0.1, 0.15) is 5.03 Å². The Morgan fingerprint density at radius 3 is 2.74 bits per heavy atom. The highest BCUT2D eigenvalue weighted by Gasteiger charge is 2.40. The summed E-state index contributed by atoms with van der Waals surface area (Å²) in [5, 5.41) is 15.7. The van der Waals surface area contributed by atoms with Crippen LogP contribution in [0, 0.1) is 11.6 Å². The van der Waals surface area contributed by atoms with E-state index in [0.717, 1.165) is 12.1 Å². The molecule has 0 radical (unpaired) electrons. The van der Waals surface area contributed by atoms with E-state index >= 15 is 0 Å². The number of halogens is 4. The van der Waals surface area contributed by atoms with Crippen LogP contribution in [0.4, 0.5) is 8.78 Å². The zero-order valence-electron chi connectivity index (χ0n) is 19.0. The van der Waals surface area contributed by atoms with E-state index in [1.165, 1.54) is 12.3 Å². The van der Waals surface area contributed by atoms with Gasteiger partial charge in [0.2, 0.25) is 5.91 Å². The molecule has 2 aliphatic rings. The quantitative estimate of drug-likeness (QED) is 0.516. The molecule has 7 nitrogen and oxygen atoms in total. The number of carbonyl (C=O) groups excluding carboxylic acids is 2. The van der Waals surface area contributed by atoms with Crippen LogP contribution in [-0.2, 0) is 16.6 Å². The van der Waals surface area contributed by atoms with Crippen LogP contribution in [0.3, 0.4) is 0 Å². The number of carbonyl (C=O) groups is 2. The van der Waals surface area contributed by atoms with Gasteiger partial charge in [-0.1, -0.05) is 43.7 Å². The number of rotatable bonds is 6. The van der Waals surface area contributed by atoms with E-state index < -0.39 is 26.9 Å². The van der Waals surface area contributed by atoms with Crippen LogP contribution in [-0.4, -0.2) is 47.3 Å². The standard InChI is InChI=1S/C23H25Cl2F2N5O2S/c1-28-21(33)10-14-9-15(13-5-6-17(26)18(27)8-13)19(12-29-14)31-22(34)20-4-3-7-35(20,25)23-16(24)11-30-32(23)2/h3-8,11,14-15,19,29H,9-10,12H2,1-2H3,(H,28,33)(H,31,34)/t14-,15-,19+/m0/s1. The molecular formula is C23H25Cl2F2N5O2S. The second-order valence-corrected chi connectivity index (χ2v) is 12.6. The molecule has 1 fully saturated rings. The number of allylic oxidation sites excluding steroid dienone is 2. The van der Waals surface area contributed by atoms with Crippen LogP contribution >= 0.6 is 31.5 Å². The van der Waals surface area contributed by atoms with E-state index in [1.807, 2.05) is 0 Å². The first kappa shape index (κ1) is 25.7. The summed E-state index contributed by atoms with van der Waals surface area (Å²) in [4.78, 5) is 25.7. The molecule has 1 aromatic carbocycles. The lowest BCUT2D eigenvalue weighted by molar-refractivity contribution is -0.121. The average Bonchev–Trinajstić information content (AvgIpc) is 3.38. The summed E-state index contributed by atoms with van der Waals surface area (Å²) in [5.74, 6) is -2.80. The first-order valence-electron chi connectivity index (χ1n) is 10.9. The minimum atomic E-state index is -2.39. The van der Waals surface area contributed by atoms with Crippen molar-refractivity contribution in [2.75, 3.05) is 13.6 Å². The van der Waals surface area contributed by atoms with Crippen molar-refractivity contribution in [3.63, 3.8) is 0 Å². The second kappa shape index (κ2) is 10.3. The lowest BCUT2D eigenvalue weighted by atomic mass is 9.81. The molecule has 1 saturated heterocycles. The van der Waals surface area contributed by atoms with Gasteiger partial charge in [0.15, 0.2) is 11.6 Å². The van der Waals surface area contributed by atoms with E-state index in [4.69, 9.17) is 22.3 Å². The van der Waals surface area contributed by atoms with Crippen LogP contribution < -0.4 is 16.0 Å². The molecule has 188 valence electrons. The smallest absolute Gasteiger partial charge is 0.258 e. The molecule has 1 aromatic heterocycles. The predicted molar refractivity (Wildman–Crippen MR) is 133 cm³/mol. The Bertz CT molecular complexity index is 1200. The Labute approximate surface area is 212 Å². The number of aryl methyl sites for hydroxylation is 1. The van der Waals surface area contributed by atoms with Gasteiger partial charge in [-0.2, -0.15) is 5.10 Å². The van der Waals surface area contributed by atoms with Crippen LogP contribution in [0.15, 0.2) is 51.9 Å². The van der Waals surface area contributed by atoms with E-state index in [1.54, 1.807) is 36.3 Å². The molecule has 3 N–H and O–H groups in total. The fourth-order valence-electron chi connectivity index (χ4n) is 4.49. The molecule has 0 saturated carbocycles. The third-order valence-corrected chi connectivity index (χ3v) is 10.4. The molecule has 35 heavy (non-hydrogen) atoms. The van der Waals surface area contributed by atoms with Crippen molar-refractivity contribution in [3.8, 4) is 0 Å². The topological polar surface area (TPSA) is 88.1 Å². The maximum Gasteiger partial charge on any atom is 0.258 e. The maximum atomic E-state index is 14.1. The molecule has 0 aliphatic carbocycles. The van der Waals surface area contributed by atoms with Gasteiger partial charge in [0, 0.05) is 45.1 Å². The van der Waals surface area contributed by atoms with Gasteiger partial charge in [-0.25, -0.2) is 8.78 Å².